The number of carbonyl (C=O) groups excluding carboxylic acids is 3. The number of allylic oxidation sites excluding steroid dienone is 3. The van der Waals surface area contributed by atoms with Crippen molar-refractivity contribution in [1.82, 2.24) is 0 Å². The summed E-state index contributed by atoms with van der Waals surface area (Å²) in [5.74, 6) is -2.27. The van der Waals surface area contributed by atoms with Gasteiger partial charge >= 0.3 is 5.97 Å². The second kappa shape index (κ2) is 9.01. The van der Waals surface area contributed by atoms with Gasteiger partial charge in [0.05, 0.1) is 7.11 Å². The van der Waals surface area contributed by atoms with Gasteiger partial charge in [-0.05, 0) is 36.3 Å². The number of benzene rings is 2. The maximum absolute atomic E-state index is 12.3. The third-order valence-electron chi connectivity index (χ3n) is 4.28. The Bertz CT molecular complexity index is 988. The van der Waals surface area contributed by atoms with Gasteiger partial charge < -0.3 is 14.2 Å². The molecule has 148 valence electrons. The first-order chi connectivity index (χ1) is 14.0. The minimum atomic E-state index is -1.46. The molecule has 0 aromatic heterocycles. The molecule has 3 rings (SSSR count). The normalized spacial score (nSPS) is 16.3. The molecule has 6 heteroatoms. The van der Waals surface area contributed by atoms with Crippen LogP contribution in [0.4, 0.5) is 0 Å². The van der Waals surface area contributed by atoms with Crippen LogP contribution in [0.2, 0.25) is 0 Å². The standard InChI is InChI=1S/C23H20O6/c1-15-12-19(25)22(23(26)29-15)18(24)10-8-16-9-11-20(27-2)21(13-16)28-14-17-6-4-3-5-7-17/h3-13,22H,14H2,1-2H3. The lowest BCUT2D eigenvalue weighted by Gasteiger charge is -2.15. The first kappa shape index (κ1) is 20.1. The highest BCUT2D eigenvalue weighted by Crippen LogP contribution is 2.29. The minimum Gasteiger partial charge on any atom is -0.493 e. The number of hydrogen-bond donors (Lipinski definition) is 0. The van der Waals surface area contributed by atoms with Gasteiger partial charge in [0.2, 0.25) is 0 Å². The van der Waals surface area contributed by atoms with Crippen LogP contribution < -0.4 is 9.47 Å². The highest BCUT2D eigenvalue weighted by atomic mass is 16.5. The van der Waals surface area contributed by atoms with Gasteiger partial charge in [0.1, 0.15) is 12.4 Å². The molecule has 6 nitrogen and oxygen atoms in total. The number of carbonyl (C=O) groups is 3. The largest absolute Gasteiger partial charge is 0.493 e. The summed E-state index contributed by atoms with van der Waals surface area (Å²) in [6.45, 7) is 1.85. The third kappa shape index (κ3) is 4.99. The molecule has 2 aromatic carbocycles. The summed E-state index contributed by atoms with van der Waals surface area (Å²) >= 11 is 0. The highest BCUT2D eigenvalue weighted by Gasteiger charge is 2.36. The topological polar surface area (TPSA) is 78.9 Å². The van der Waals surface area contributed by atoms with E-state index in [1.165, 1.54) is 19.1 Å². The van der Waals surface area contributed by atoms with E-state index in [0.29, 0.717) is 23.7 Å². The van der Waals surface area contributed by atoms with Crippen molar-refractivity contribution in [3.63, 3.8) is 0 Å². The summed E-state index contributed by atoms with van der Waals surface area (Å²) in [5, 5.41) is 0. The van der Waals surface area contributed by atoms with E-state index in [4.69, 9.17) is 14.2 Å². The lowest BCUT2D eigenvalue weighted by atomic mass is 9.96. The van der Waals surface area contributed by atoms with Gasteiger partial charge in [-0.25, -0.2) is 0 Å². The van der Waals surface area contributed by atoms with Gasteiger partial charge in [0.15, 0.2) is 29.0 Å². The van der Waals surface area contributed by atoms with E-state index < -0.39 is 23.5 Å². The van der Waals surface area contributed by atoms with Crippen LogP contribution in [0.3, 0.4) is 0 Å². The Balaban J connectivity index is 1.74. The Labute approximate surface area is 168 Å². The molecule has 1 aliphatic rings. The average molecular weight is 392 g/mol. The Hall–Kier alpha value is -3.67. The number of methoxy groups -OCH3 is 1. The van der Waals surface area contributed by atoms with Gasteiger partial charge in [0.25, 0.3) is 0 Å². The lowest BCUT2D eigenvalue weighted by molar-refractivity contribution is -0.151. The van der Waals surface area contributed by atoms with Crippen molar-refractivity contribution in [2.24, 2.45) is 5.92 Å². The SMILES string of the molecule is COc1ccc(C=CC(=O)C2C(=O)C=C(C)OC2=O)cc1OCc1ccccc1. The summed E-state index contributed by atoms with van der Waals surface area (Å²) in [4.78, 5) is 36.1. The van der Waals surface area contributed by atoms with Gasteiger partial charge in [-0.3, -0.25) is 14.4 Å². The molecule has 0 fully saturated rings. The maximum Gasteiger partial charge on any atom is 0.329 e. The third-order valence-corrected chi connectivity index (χ3v) is 4.28. The summed E-state index contributed by atoms with van der Waals surface area (Å²) in [6.07, 6.45) is 3.87. The molecule has 29 heavy (non-hydrogen) atoms. The fourth-order valence-electron chi connectivity index (χ4n) is 2.82. The monoisotopic (exact) mass is 392 g/mol. The smallest absolute Gasteiger partial charge is 0.329 e. The molecule has 0 bridgehead atoms. The van der Waals surface area contributed by atoms with Crippen molar-refractivity contribution in [2.45, 2.75) is 13.5 Å². The molecule has 0 aliphatic carbocycles. The van der Waals surface area contributed by atoms with E-state index in [2.05, 4.69) is 0 Å². The zero-order valence-electron chi connectivity index (χ0n) is 16.1. The van der Waals surface area contributed by atoms with Crippen LogP contribution in [0.15, 0.2) is 66.4 Å². The fraction of sp³-hybridized carbons (Fsp3) is 0.174. The zero-order valence-corrected chi connectivity index (χ0v) is 16.1. The summed E-state index contributed by atoms with van der Waals surface area (Å²) in [7, 11) is 1.54. The minimum absolute atomic E-state index is 0.184. The van der Waals surface area contributed by atoms with E-state index >= 15 is 0 Å². The molecular formula is C23H20O6. The van der Waals surface area contributed by atoms with Crippen LogP contribution in [0.5, 0.6) is 11.5 Å². The lowest BCUT2D eigenvalue weighted by Crippen LogP contribution is -2.34. The van der Waals surface area contributed by atoms with Crippen molar-refractivity contribution < 1.29 is 28.6 Å². The molecule has 0 N–H and O–H groups in total. The van der Waals surface area contributed by atoms with E-state index in [0.717, 1.165) is 11.6 Å². The number of cyclic esters (lactones) is 1. The van der Waals surface area contributed by atoms with Crippen LogP contribution >= 0.6 is 0 Å². The Morgan fingerprint density at radius 2 is 1.86 bits per heavy atom. The number of ketones is 2. The van der Waals surface area contributed by atoms with Gasteiger partial charge in [0, 0.05) is 6.08 Å². The molecule has 0 saturated carbocycles. The quantitative estimate of drug-likeness (QED) is 0.408. The first-order valence-electron chi connectivity index (χ1n) is 8.98. The second-order valence-electron chi connectivity index (χ2n) is 6.43. The molecule has 1 aliphatic heterocycles. The van der Waals surface area contributed by atoms with E-state index in [1.54, 1.807) is 25.3 Å². The summed E-state index contributed by atoms with van der Waals surface area (Å²) in [6, 6.07) is 14.9. The summed E-state index contributed by atoms with van der Waals surface area (Å²) in [5.41, 5.74) is 1.66. The predicted octanol–water partition coefficient (Wildman–Crippen LogP) is 3.50. The van der Waals surface area contributed by atoms with Crippen molar-refractivity contribution in [3.05, 3.63) is 77.6 Å². The predicted molar refractivity (Wildman–Crippen MR) is 106 cm³/mol. The van der Waals surface area contributed by atoms with Crippen molar-refractivity contribution in [2.75, 3.05) is 7.11 Å². The van der Waals surface area contributed by atoms with Crippen LogP contribution in [-0.4, -0.2) is 24.6 Å². The van der Waals surface area contributed by atoms with Crippen LogP contribution in [-0.2, 0) is 25.7 Å². The molecule has 0 spiro atoms. The molecule has 1 unspecified atom stereocenters. The van der Waals surface area contributed by atoms with E-state index in [1.807, 2.05) is 30.3 Å². The van der Waals surface area contributed by atoms with Crippen molar-refractivity contribution >= 4 is 23.6 Å². The maximum atomic E-state index is 12.3. The average Bonchev–Trinajstić information content (AvgIpc) is 2.70. The van der Waals surface area contributed by atoms with E-state index in [9.17, 15) is 14.4 Å². The zero-order chi connectivity index (χ0) is 20.8. The number of esters is 1. The Morgan fingerprint density at radius 3 is 2.55 bits per heavy atom. The molecule has 0 amide bonds. The summed E-state index contributed by atoms with van der Waals surface area (Å²) < 4.78 is 16.0. The number of rotatable bonds is 7. The Kier molecular flexibility index (Phi) is 6.24. The molecular weight excluding hydrogens is 372 g/mol. The van der Waals surface area contributed by atoms with Gasteiger partial charge in [-0.15, -0.1) is 0 Å². The van der Waals surface area contributed by atoms with Gasteiger partial charge in [-0.2, -0.15) is 0 Å². The molecule has 0 saturated heterocycles. The second-order valence-corrected chi connectivity index (χ2v) is 6.43. The van der Waals surface area contributed by atoms with Crippen LogP contribution in [0.1, 0.15) is 18.1 Å². The fourth-order valence-corrected chi connectivity index (χ4v) is 2.82. The Morgan fingerprint density at radius 1 is 1.10 bits per heavy atom. The van der Waals surface area contributed by atoms with Crippen molar-refractivity contribution in [3.8, 4) is 11.5 Å². The molecule has 1 heterocycles. The molecule has 2 aromatic rings. The van der Waals surface area contributed by atoms with Gasteiger partial charge in [-0.1, -0.05) is 42.5 Å². The number of ether oxygens (including phenoxy) is 3. The van der Waals surface area contributed by atoms with Crippen LogP contribution in [0.25, 0.3) is 6.08 Å². The molecule has 1 atom stereocenters. The molecule has 0 radical (unpaired) electrons. The van der Waals surface area contributed by atoms with E-state index in [-0.39, 0.29) is 5.76 Å². The number of hydrogen-bond acceptors (Lipinski definition) is 6. The van der Waals surface area contributed by atoms with Crippen LogP contribution in [0, 0.1) is 5.92 Å². The first-order valence-corrected chi connectivity index (χ1v) is 8.98. The van der Waals surface area contributed by atoms with Crippen molar-refractivity contribution in [1.29, 1.82) is 0 Å². The highest BCUT2D eigenvalue weighted by molar-refractivity contribution is 6.25.